The lowest BCUT2D eigenvalue weighted by atomic mass is 10.1. The van der Waals surface area contributed by atoms with Crippen LogP contribution in [0.5, 0.6) is 11.5 Å². The fourth-order valence-electron chi connectivity index (χ4n) is 1.74. The van der Waals surface area contributed by atoms with Gasteiger partial charge in [0.2, 0.25) is 0 Å². The summed E-state index contributed by atoms with van der Waals surface area (Å²) >= 11 is 0. The smallest absolute Gasteiger partial charge is 0.151 e. The van der Waals surface area contributed by atoms with Crippen molar-refractivity contribution in [3.05, 3.63) is 53.6 Å². The molecule has 0 aliphatic heterocycles. The van der Waals surface area contributed by atoms with E-state index in [4.69, 9.17) is 15.7 Å². The summed E-state index contributed by atoms with van der Waals surface area (Å²) in [5.41, 5.74) is 7.81. The molecule has 0 aromatic heterocycles. The standard InChI is InChI=1S/C15H14N2O/c1-2-11-6-3-4-8-13(11)18-14-9-5-7-12(10-16)15(14)17/h3-9H,2,17H2,1H3. The number of nitriles is 1. The maximum absolute atomic E-state index is 8.92. The van der Waals surface area contributed by atoms with Crippen LogP contribution >= 0.6 is 0 Å². The lowest BCUT2D eigenvalue weighted by Crippen LogP contribution is -1.96. The summed E-state index contributed by atoms with van der Waals surface area (Å²) in [5, 5.41) is 8.92. The van der Waals surface area contributed by atoms with E-state index in [0.29, 0.717) is 17.0 Å². The summed E-state index contributed by atoms with van der Waals surface area (Å²) in [5.74, 6) is 1.30. The minimum absolute atomic E-state index is 0.380. The van der Waals surface area contributed by atoms with Gasteiger partial charge in [0, 0.05) is 0 Å². The van der Waals surface area contributed by atoms with Crippen LogP contribution in [0.3, 0.4) is 0 Å². The Morgan fingerprint density at radius 2 is 1.83 bits per heavy atom. The Labute approximate surface area is 106 Å². The number of benzene rings is 2. The van der Waals surface area contributed by atoms with Crippen molar-refractivity contribution in [2.75, 3.05) is 5.73 Å². The van der Waals surface area contributed by atoms with Gasteiger partial charge in [0.05, 0.1) is 11.3 Å². The first-order valence-electron chi connectivity index (χ1n) is 5.80. The zero-order chi connectivity index (χ0) is 13.0. The van der Waals surface area contributed by atoms with Crippen molar-refractivity contribution in [3.63, 3.8) is 0 Å². The van der Waals surface area contributed by atoms with E-state index >= 15 is 0 Å². The highest BCUT2D eigenvalue weighted by atomic mass is 16.5. The third-order valence-electron chi connectivity index (χ3n) is 2.76. The molecule has 0 atom stereocenters. The fourth-order valence-corrected chi connectivity index (χ4v) is 1.74. The number of hydrogen-bond donors (Lipinski definition) is 1. The molecule has 90 valence electrons. The van der Waals surface area contributed by atoms with E-state index in [0.717, 1.165) is 17.7 Å². The number of nitrogens with zero attached hydrogens (tertiary/aromatic N) is 1. The average molecular weight is 238 g/mol. The summed E-state index contributed by atoms with van der Waals surface area (Å²) in [6.07, 6.45) is 0.883. The molecule has 0 amide bonds. The van der Waals surface area contributed by atoms with Crippen molar-refractivity contribution >= 4 is 5.69 Å². The van der Waals surface area contributed by atoms with Crippen molar-refractivity contribution in [2.45, 2.75) is 13.3 Å². The Kier molecular flexibility index (Phi) is 3.49. The van der Waals surface area contributed by atoms with Crippen LogP contribution in [-0.2, 0) is 6.42 Å². The molecule has 0 saturated carbocycles. The Morgan fingerprint density at radius 1 is 1.11 bits per heavy atom. The van der Waals surface area contributed by atoms with E-state index in [-0.39, 0.29) is 0 Å². The molecule has 2 rings (SSSR count). The third kappa shape index (κ3) is 2.28. The maximum Gasteiger partial charge on any atom is 0.151 e. The van der Waals surface area contributed by atoms with Gasteiger partial charge in [0.1, 0.15) is 11.8 Å². The largest absolute Gasteiger partial charge is 0.455 e. The number of anilines is 1. The third-order valence-corrected chi connectivity index (χ3v) is 2.76. The normalized spacial score (nSPS) is 9.78. The predicted molar refractivity (Wildman–Crippen MR) is 71.5 cm³/mol. The van der Waals surface area contributed by atoms with Crippen LogP contribution in [0, 0.1) is 11.3 Å². The van der Waals surface area contributed by atoms with Crippen LogP contribution in [0.4, 0.5) is 5.69 Å². The number of hydrogen-bond acceptors (Lipinski definition) is 3. The quantitative estimate of drug-likeness (QED) is 0.832. The van der Waals surface area contributed by atoms with Crippen LogP contribution in [0.15, 0.2) is 42.5 Å². The van der Waals surface area contributed by atoms with Crippen molar-refractivity contribution in [1.82, 2.24) is 0 Å². The Hall–Kier alpha value is -2.47. The monoisotopic (exact) mass is 238 g/mol. The van der Waals surface area contributed by atoms with Crippen molar-refractivity contribution in [2.24, 2.45) is 0 Å². The summed E-state index contributed by atoms with van der Waals surface area (Å²) < 4.78 is 5.80. The Balaban J connectivity index is 2.38. The molecule has 0 heterocycles. The zero-order valence-corrected chi connectivity index (χ0v) is 10.2. The van der Waals surface area contributed by atoms with Gasteiger partial charge in [0.25, 0.3) is 0 Å². The molecule has 0 spiro atoms. The average Bonchev–Trinajstić information content (AvgIpc) is 2.42. The Morgan fingerprint density at radius 3 is 2.56 bits per heavy atom. The van der Waals surface area contributed by atoms with Gasteiger partial charge in [-0.15, -0.1) is 0 Å². The van der Waals surface area contributed by atoms with Gasteiger partial charge >= 0.3 is 0 Å². The van der Waals surface area contributed by atoms with E-state index < -0.39 is 0 Å². The fraction of sp³-hybridized carbons (Fsp3) is 0.133. The number of nitrogen functional groups attached to an aromatic ring is 1. The molecule has 3 nitrogen and oxygen atoms in total. The second-order valence-corrected chi connectivity index (χ2v) is 3.89. The second-order valence-electron chi connectivity index (χ2n) is 3.89. The molecule has 2 N–H and O–H groups in total. The van der Waals surface area contributed by atoms with Gasteiger partial charge in [-0.1, -0.05) is 31.2 Å². The first kappa shape index (κ1) is 12.0. The van der Waals surface area contributed by atoms with Gasteiger partial charge in [-0.25, -0.2) is 0 Å². The van der Waals surface area contributed by atoms with Gasteiger partial charge in [0.15, 0.2) is 5.75 Å². The maximum atomic E-state index is 8.92. The van der Waals surface area contributed by atoms with Crippen molar-refractivity contribution in [3.8, 4) is 17.6 Å². The van der Waals surface area contributed by atoms with Crippen molar-refractivity contribution in [1.29, 1.82) is 5.26 Å². The summed E-state index contributed by atoms with van der Waals surface area (Å²) in [7, 11) is 0. The van der Waals surface area contributed by atoms with E-state index in [1.807, 2.05) is 30.3 Å². The molecular formula is C15H14N2O. The summed E-state index contributed by atoms with van der Waals surface area (Å²) in [4.78, 5) is 0. The highest BCUT2D eigenvalue weighted by Gasteiger charge is 2.08. The molecular weight excluding hydrogens is 224 g/mol. The molecule has 18 heavy (non-hydrogen) atoms. The minimum atomic E-state index is 0.380. The zero-order valence-electron chi connectivity index (χ0n) is 10.2. The number of aryl methyl sites for hydroxylation is 1. The predicted octanol–water partition coefficient (Wildman–Crippen LogP) is 3.50. The second kappa shape index (κ2) is 5.24. The number of rotatable bonds is 3. The van der Waals surface area contributed by atoms with Crippen LogP contribution < -0.4 is 10.5 Å². The number of nitrogens with two attached hydrogens (primary N) is 1. The molecule has 0 fully saturated rings. The highest BCUT2D eigenvalue weighted by Crippen LogP contribution is 2.31. The van der Waals surface area contributed by atoms with Crippen LogP contribution in [0.25, 0.3) is 0 Å². The first-order valence-corrected chi connectivity index (χ1v) is 5.80. The molecule has 0 saturated heterocycles. The van der Waals surface area contributed by atoms with Gasteiger partial charge in [-0.05, 0) is 30.2 Å². The summed E-state index contributed by atoms with van der Waals surface area (Å²) in [6.45, 7) is 2.07. The molecule has 0 aliphatic rings. The van der Waals surface area contributed by atoms with E-state index in [9.17, 15) is 0 Å². The molecule has 0 unspecified atom stereocenters. The van der Waals surface area contributed by atoms with Gasteiger partial charge in [-0.3, -0.25) is 0 Å². The van der Waals surface area contributed by atoms with E-state index in [2.05, 4.69) is 6.92 Å². The highest BCUT2D eigenvalue weighted by molar-refractivity contribution is 5.64. The van der Waals surface area contributed by atoms with Crippen LogP contribution in [0.2, 0.25) is 0 Å². The first-order chi connectivity index (χ1) is 8.76. The Bertz CT molecular complexity index is 600. The topological polar surface area (TPSA) is 59.0 Å². The van der Waals surface area contributed by atoms with Crippen molar-refractivity contribution < 1.29 is 4.74 Å². The lowest BCUT2D eigenvalue weighted by molar-refractivity contribution is 0.479. The van der Waals surface area contributed by atoms with Crippen LogP contribution in [-0.4, -0.2) is 0 Å². The molecule has 0 aliphatic carbocycles. The minimum Gasteiger partial charge on any atom is -0.455 e. The van der Waals surface area contributed by atoms with E-state index in [1.54, 1.807) is 18.2 Å². The van der Waals surface area contributed by atoms with E-state index in [1.165, 1.54) is 0 Å². The van der Waals surface area contributed by atoms with Crippen LogP contribution in [0.1, 0.15) is 18.1 Å². The number of ether oxygens (including phenoxy) is 1. The lowest BCUT2D eigenvalue weighted by Gasteiger charge is -2.12. The SMILES string of the molecule is CCc1ccccc1Oc1cccc(C#N)c1N. The van der Waals surface area contributed by atoms with Gasteiger partial charge in [-0.2, -0.15) is 5.26 Å². The molecule has 0 bridgehead atoms. The molecule has 0 radical (unpaired) electrons. The number of para-hydroxylation sites is 2. The van der Waals surface area contributed by atoms with Gasteiger partial charge < -0.3 is 10.5 Å². The summed E-state index contributed by atoms with van der Waals surface area (Å²) in [6, 6.07) is 15.1. The molecule has 2 aromatic carbocycles. The molecule has 2 aromatic rings. The molecule has 3 heteroatoms.